The summed E-state index contributed by atoms with van der Waals surface area (Å²) in [6.45, 7) is 0. The topological polar surface area (TPSA) is 39.5 Å². The first-order valence-electron chi connectivity index (χ1n) is 17.7. The fraction of sp³-hybridized carbons (Fsp3) is 0. The van der Waals surface area contributed by atoms with E-state index >= 15 is 0 Å². The summed E-state index contributed by atoms with van der Waals surface area (Å²) < 4.78 is 3.50. The smallest absolute Gasteiger partial charge is 0.0910 e. The van der Waals surface area contributed by atoms with Crippen molar-refractivity contribution in [2.45, 2.75) is 0 Å². The Kier molecular flexibility index (Phi) is 6.75. The Labute approximate surface area is 313 Å². The predicted octanol–water partition coefficient (Wildman–Crippen LogP) is 14.2. The number of para-hydroxylation sites is 1. The van der Waals surface area contributed by atoms with Crippen LogP contribution in [0.4, 0.5) is 22.7 Å². The van der Waals surface area contributed by atoms with Crippen LogP contribution >= 0.6 is 22.7 Å². The molecule has 248 valence electrons. The van der Waals surface area contributed by atoms with E-state index in [2.05, 4.69) is 169 Å². The Morgan fingerprint density at radius 3 is 2.04 bits per heavy atom. The summed E-state index contributed by atoms with van der Waals surface area (Å²) in [7, 11) is 0. The van der Waals surface area contributed by atoms with Crippen molar-refractivity contribution in [3.63, 3.8) is 0 Å². The average molecular weight is 712 g/mol. The lowest BCUT2D eigenvalue weighted by Crippen LogP contribution is -2.16. The second-order valence-corrected chi connectivity index (χ2v) is 15.6. The summed E-state index contributed by atoms with van der Waals surface area (Å²) in [4.78, 5) is 8.60. The maximum absolute atomic E-state index is 9.70. The first-order valence-corrected chi connectivity index (χ1v) is 19.3. The fourth-order valence-electron chi connectivity index (χ4n) is 8.08. The summed E-state index contributed by atoms with van der Waals surface area (Å²) in [6.07, 6.45) is 2.00. The Balaban J connectivity index is 1.09. The molecular weight excluding hydrogens is 683 g/mol. The Hall–Kier alpha value is -6.40. The molecule has 0 unspecified atom stereocenters. The number of benzene rings is 8. The van der Waals surface area contributed by atoms with Crippen LogP contribution in [-0.2, 0) is 0 Å². The van der Waals surface area contributed by atoms with E-state index in [1.807, 2.05) is 6.21 Å². The highest BCUT2D eigenvalue weighted by atomic mass is 32.1. The van der Waals surface area contributed by atoms with Crippen molar-refractivity contribution in [3.05, 3.63) is 180 Å². The number of anilines is 3. The van der Waals surface area contributed by atoms with Gasteiger partial charge in [0.2, 0.25) is 0 Å². The van der Waals surface area contributed by atoms with Gasteiger partial charge in [0, 0.05) is 58.5 Å². The zero-order chi connectivity index (χ0) is 35.0. The summed E-state index contributed by atoms with van der Waals surface area (Å²) in [5.41, 5.74) is 9.11. The molecule has 1 N–H and O–H groups in total. The second kappa shape index (κ2) is 11.8. The summed E-state index contributed by atoms with van der Waals surface area (Å²) in [6, 6.07) is 58.3. The normalized spacial score (nSPS) is 12.5. The van der Waals surface area contributed by atoms with Crippen LogP contribution in [0.2, 0.25) is 0 Å². The van der Waals surface area contributed by atoms with Crippen molar-refractivity contribution in [2.75, 3.05) is 4.90 Å². The minimum absolute atomic E-state index is 0.504. The largest absolute Gasteiger partial charge is 0.309 e. The van der Waals surface area contributed by atoms with E-state index in [1.165, 1.54) is 48.1 Å². The van der Waals surface area contributed by atoms with Crippen LogP contribution in [-0.4, -0.2) is 11.9 Å². The van der Waals surface area contributed by atoms with Gasteiger partial charge >= 0.3 is 0 Å². The first kappa shape index (κ1) is 30.2. The van der Waals surface area contributed by atoms with Crippen molar-refractivity contribution in [1.29, 1.82) is 5.41 Å². The first-order chi connectivity index (χ1) is 26.2. The van der Waals surface area contributed by atoms with Gasteiger partial charge in [-0.3, -0.25) is 10.4 Å². The number of fused-ring (bicyclic) bond motifs is 7. The van der Waals surface area contributed by atoms with Crippen molar-refractivity contribution < 1.29 is 0 Å². The van der Waals surface area contributed by atoms with Crippen molar-refractivity contribution in [3.8, 4) is 11.1 Å². The van der Waals surface area contributed by atoms with Crippen LogP contribution in [0.25, 0.3) is 62.9 Å². The monoisotopic (exact) mass is 711 g/mol. The molecule has 11 rings (SSSR count). The molecule has 8 aromatic carbocycles. The Bertz CT molecular complexity index is 3160. The molecule has 0 amide bonds. The van der Waals surface area contributed by atoms with Crippen LogP contribution < -0.4 is 4.90 Å². The molecule has 0 radical (unpaired) electrons. The van der Waals surface area contributed by atoms with E-state index in [0.717, 1.165) is 53.5 Å². The molecule has 0 fully saturated rings. The third kappa shape index (κ3) is 4.65. The number of rotatable bonds is 5. The maximum Gasteiger partial charge on any atom is 0.0910 e. The number of thiophene rings is 2. The molecule has 1 aliphatic heterocycles. The number of hydrogen-bond donors (Lipinski definition) is 1. The number of nitrogens with zero attached hydrogens (tertiary/aromatic N) is 2. The minimum atomic E-state index is 0.504. The van der Waals surface area contributed by atoms with Gasteiger partial charge in [-0.25, -0.2) is 0 Å². The van der Waals surface area contributed by atoms with E-state index in [9.17, 15) is 5.41 Å². The SMILES string of the molecule is N=C(c1sc2ccccc2c1N=Cc1ccccc1N1c2cc3ccccc3cc2-c2cccc3cccc1c23)c1cccc2c1sc1ccccc12. The molecule has 0 saturated carbocycles. The molecule has 0 saturated heterocycles. The van der Waals surface area contributed by atoms with Gasteiger partial charge in [0.25, 0.3) is 0 Å². The molecule has 1 aliphatic rings. The number of aliphatic imine (C=N–C) groups is 1. The van der Waals surface area contributed by atoms with Gasteiger partial charge in [-0.1, -0.05) is 127 Å². The third-order valence-corrected chi connectivity index (χ3v) is 12.9. The number of hydrogen-bond acceptors (Lipinski definition) is 5. The van der Waals surface area contributed by atoms with E-state index in [0.29, 0.717) is 5.71 Å². The van der Waals surface area contributed by atoms with E-state index in [1.54, 1.807) is 22.7 Å². The van der Waals surface area contributed by atoms with Crippen molar-refractivity contribution >= 4 is 109 Å². The van der Waals surface area contributed by atoms with Gasteiger partial charge < -0.3 is 4.90 Å². The molecular formula is C48H29N3S2. The second-order valence-electron chi connectivity index (χ2n) is 13.5. The van der Waals surface area contributed by atoms with Crippen molar-refractivity contribution in [2.24, 2.45) is 4.99 Å². The Morgan fingerprint density at radius 1 is 0.528 bits per heavy atom. The molecule has 2 aromatic heterocycles. The van der Waals surface area contributed by atoms with Gasteiger partial charge in [0.05, 0.1) is 33.3 Å². The van der Waals surface area contributed by atoms with Crippen LogP contribution in [0, 0.1) is 5.41 Å². The van der Waals surface area contributed by atoms with E-state index < -0.39 is 0 Å². The highest BCUT2D eigenvalue weighted by Gasteiger charge is 2.28. The summed E-state index contributed by atoms with van der Waals surface area (Å²) in [5, 5.41) is 18.1. The molecule has 53 heavy (non-hydrogen) atoms. The quantitative estimate of drug-likeness (QED) is 0.177. The standard InChI is InChI=1S/C48H29N3S2/c49-45(37-21-11-20-35-33-17-4-7-24-42(33)52-47(35)37)48-46(36-18-5-8-25-43(36)53-48)50-28-32-14-3-6-22-39(32)51-40-23-10-16-29-15-9-19-34(44(29)40)38-26-30-12-1-2-13-31(30)27-41(38)51/h1-28,49H. The lowest BCUT2D eigenvalue weighted by molar-refractivity contribution is 1.28. The molecule has 0 bridgehead atoms. The molecule has 10 aromatic rings. The molecule has 0 spiro atoms. The fourth-order valence-corrected chi connectivity index (χ4v) is 10.4. The maximum atomic E-state index is 9.70. The van der Waals surface area contributed by atoms with Crippen LogP contribution in [0.1, 0.15) is 16.0 Å². The molecule has 3 nitrogen and oxygen atoms in total. The zero-order valence-electron chi connectivity index (χ0n) is 28.4. The van der Waals surface area contributed by atoms with E-state index in [-0.39, 0.29) is 0 Å². The molecule has 0 aliphatic carbocycles. The molecule has 3 heterocycles. The van der Waals surface area contributed by atoms with E-state index in [4.69, 9.17) is 4.99 Å². The van der Waals surface area contributed by atoms with Crippen LogP contribution in [0.5, 0.6) is 0 Å². The highest BCUT2D eigenvalue weighted by molar-refractivity contribution is 7.26. The predicted molar refractivity (Wildman–Crippen MR) is 229 cm³/mol. The van der Waals surface area contributed by atoms with Crippen LogP contribution in [0.15, 0.2) is 169 Å². The highest BCUT2D eigenvalue weighted by Crippen LogP contribution is 2.52. The van der Waals surface area contributed by atoms with Gasteiger partial charge in [-0.2, -0.15) is 0 Å². The molecule has 0 atom stereocenters. The van der Waals surface area contributed by atoms with Gasteiger partial charge in [-0.05, 0) is 58.1 Å². The molecule has 5 heteroatoms. The Morgan fingerprint density at radius 2 is 1.17 bits per heavy atom. The van der Waals surface area contributed by atoms with Crippen LogP contribution in [0.3, 0.4) is 0 Å². The summed E-state index contributed by atoms with van der Waals surface area (Å²) in [5.74, 6) is 0. The van der Waals surface area contributed by atoms with Crippen molar-refractivity contribution in [1.82, 2.24) is 0 Å². The van der Waals surface area contributed by atoms with Gasteiger partial charge in [0.1, 0.15) is 0 Å². The summed E-state index contributed by atoms with van der Waals surface area (Å²) >= 11 is 3.41. The minimum Gasteiger partial charge on any atom is -0.309 e. The van der Waals surface area contributed by atoms with Gasteiger partial charge in [0.15, 0.2) is 0 Å². The lowest BCUT2D eigenvalue weighted by atomic mass is 9.89. The lowest BCUT2D eigenvalue weighted by Gasteiger charge is -2.34. The third-order valence-electron chi connectivity index (χ3n) is 10.5. The number of nitrogens with one attached hydrogen (secondary N) is 1. The van der Waals surface area contributed by atoms with Gasteiger partial charge in [-0.15, -0.1) is 22.7 Å². The average Bonchev–Trinajstić information content (AvgIpc) is 3.78. The zero-order valence-corrected chi connectivity index (χ0v) is 30.0.